The molecule has 1 saturated heterocycles. The van der Waals surface area contributed by atoms with Gasteiger partial charge in [-0.1, -0.05) is 0 Å². The monoisotopic (exact) mass is 374 g/mol. The lowest BCUT2D eigenvalue weighted by Crippen LogP contribution is -2.61. The molecular formula is C13H26O10S. The lowest BCUT2D eigenvalue weighted by molar-refractivity contribution is -0.332. The molecule has 0 radical (unpaired) electrons. The number of rotatable bonds is 9. The molecule has 1 heterocycles. The van der Waals surface area contributed by atoms with Gasteiger partial charge in [-0.3, -0.25) is 0 Å². The fourth-order valence-electron chi connectivity index (χ4n) is 2.17. The molecule has 1 aliphatic heterocycles. The SMILES string of the molecule is C[C@@H](O)C(CS)OC(OC1C(CO)OC(O)C(O)C1O)[C@@H](O)CO. The highest BCUT2D eigenvalue weighted by atomic mass is 32.1. The average molecular weight is 374 g/mol. The van der Waals surface area contributed by atoms with E-state index in [9.17, 15) is 30.6 Å². The maximum Gasteiger partial charge on any atom is 0.186 e. The molecule has 0 bridgehead atoms. The van der Waals surface area contributed by atoms with Crippen LogP contribution in [0, 0.1) is 0 Å². The zero-order valence-electron chi connectivity index (χ0n) is 13.1. The predicted molar refractivity (Wildman–Crippen MR) is 82.1 cm³/mol. The van der Waals surface area contributed by atoms with Gasteiger partial charge in [0.2, 0.25) is 0 Å². The number of ether oxygens (including phenoxy) is 3. The second-order valence-electron chi connectivity index (χ2n) is 5.55. The Morgan fingerprint density at radius 3 is 2.21 bits per heavy atom. The number of hydrogen-bond donors (Lipinski definition) is 8. The molecule has 144 valence electrons. The van der Waals surface area contributed by atoms with Crippen molar-refractivity contribution in [3.63, 3.8) is 0 Å². The Bertz CT molecular complexity index is 358. The zero-order chi connectivity index (χ0) is 18.4. The highest BCUT2D eigenvalue weighted by molar-refractivity contribution is 7.80. The summed E-state index contributed by atoms with van der Waals surface area (Å²) in [5.74, 6) is 0.0736. The molecular weight excluding hydrogens is 348 g/mol. The van der Waals surface area contributed by atoms with Crippen molar-refractivity contribution in [2.45, 2.75) is 62.2 Å². The van der Waals surface area contributed by atoms with Crippen molar-refractivity contribution in [2.75, 3.05) is 19.0 Å². The smallest absolute Gasteiger partial charge is 0.186 e. The molecule has 10 nitrogen and oxygen atoms in total. The summed E-state index contributed by atoms with van der Waals surface area (Å²) in [6, 6.07) is 0. The van der Waals surface area contributed by atoms with Crippen molar-refractivity contribution < 1.29 is 50.0 Å². The number of aliphatic hydroxyl groups is 7. The second-order valence-corrected chi connectivity index (χ2v) is 5.91. The van der Waals surface area contributed by atoms with Crippen LogP contribution in [0.4, 0.5) is 0 Å². The van der Waals surface area contributed by atoms with Crippen LogP contribution in [0.5, 0.6) is 0 Å². The van der Waals surface area contributed by atoms with E-state index in [1.54, 1.807) is 0 Å². The summed E-state index contributed by atoms with van der Waals surface area (Å²) in [6.45, 7) is 0.0285. The Morgan fingerprint density at radius 2 is 1.75 bits per heavy atom. The van der Waals surface area contributed by atoms with Gasteiger partial charge in [-0.15, -0.1) is 0 Å². The van der Waals surface area contributed by atoms with Crippen LogP contribution in [-0.2, 0) is 14.2 Å². The van der Waals surface area contributed by atoms with Crippen LogP contribution in [-0.4, -0.2) is 110 Å². The first-order valence-corrected chi connectivity index (χ1v) is 8.09. The highest BCUT2D eigenvalue weighted by Crippen LogP contribution is 2.25. The van der Waals surface area contributed by atoms with Crippen molar-refractivity contribution in [3.05, 3.63) is 0 Å². The summed E-state index contributed by atoms with van der Waals surface area (Å²) in [5, 5.41) is 67.0. The van der Waals surface area contributed by atoms with Crippen LogP contribution >= 0.6 is 12.6 Å². The van der Waals surface area contributed by atoms with E-state index in [2.05, 4.69) is 12.6 Å². The van der Waals surface area contributed by atoms with Crippen LogP contribution in [0.1, 0.15) is 6.92 Å². The summed E-state index contributed by atoms with van der Waals surface area (Å²) in [5.41, 5.74) is 0. The number of aliphatic hydroxyl groups excluding tert-OH is 7. The molecule has 0 spiro atoms. The fraction of sp³-hybridized carbons (Fsp3) is 1.00. The van der Waals surface area contributed by atoms with Gasteiger partial charge < -0.3 is 50.0 Å². The van der Waals surface area contributed by atoms with Crippen molar-refractivity contribution in [3.8, 4) is 0 Å². The lowest BCUT2D eigenvalue weighted by Gasteiger charge is -2.42. The van der Waals surface area contributed by atoms with E-state index >= 15 is 0 Å². The Balaban J connectivity index is 2.90. The van der Waals surface area contributed by atoms with Gasteiger partial charge in [0.15, 0.2) is 12.6 Å². The molecule has 0 aromatic carbocycles. The fourth-order valence-corrected chi connectivity index (χ4v) is 2.56. The first-order valence-electron chi connectivity index (χ1n) is 7.46. The van der Waals surface area contributed by atoms with Crippen LogP contribution in [0.15, 0.2) is 0 Å². The molecule has 1 fully saturated rings. The standard InChI is InChI=1S/C13H26O10S/c1-5(16)8(4-24)22-13(6(17)2-14)23-11-7(3-15)21-12(20)10(19)9(11)18/h5-20,24H,2-4H2,1H3/t5-,6+,7?,8?,9?,10?,11?,12?,13?/m1/s1. The summed E-state index contributed by atoms with van der Waals surface area (Å²) in [7, 11) is 0. The minimum absolute atomic E-state index is 0.0736. The number of hydrogen-bond acceptors (Lipinski definition) is 11. The normalized spacial score (nSPS) is 36.1. The van der Waals surface area contributed by atoms with Gasteiger partial charge in [0, 0.05) is 5.75 Å². The Morgan fingerprint density at radius 1 is 1.12 bits per heavy atom. The quantitative estimate of drug-likeness (QED) is 0.148. The Hall–Kier alpha value is -0.0500. The van der Waals surface area contributed by atoms with Gasteiger partial charge in [-0.05, 0) is 6.92 Å². The van der Waals surface area contributed by atoms with Crippen molar-refractivity contribution in [2.24, 2.45) is 0 Å². The summed E-state index contributed by atoms with van der Waals surface area (Å²) in [6.07, 6.45) is -12.5. The first kappa shape index (κ1) is 22.0. The third-order valence-electron chi connectivity index (χ3n) is 3.66. The molecule has 7 unspecified atom stereocenters. The van der Waals surface area contributed by atoms with E-state index in [0.717, 1.165) is 0 Å². The van der Waals surface area contributed by atoms with Crippen LogP contribution in [0.2, 0.25) is 0 Å². The van der Waals surface area contributed by atoms with Crippen molar-refractivity contribution in [1.29, 1.82) is 0 Å². The summed E-state index contributed by atoms with van der Waals surface area (Å²) < 4.78 is 15.7. The van der Waals surface area contributed by atoms with Gasteiger partial charge in [0.25, 0.3) is 0 Å². The first-order chi connectivity index (χ1) is 11.3. The molecule has 0 aromatic heterocycles. The molecule has 1 rings (SSSR count). The van der Waals surface area contributed by atoms with Gasteiger partial charge in [0.1, 0.15) is 30.5 Å². The van der Waals surface area contributed by atoms with Crippen molar-refractivity contribution >= 4 is 12.6 Å². The molecule has 0 aromatic rings. The third kappa shape index (κ3) is 5.47. The summed E-state index contributed by atoms with van der Waals surface area (Å²) >= 11 is 4.00. The van der Waals surface area contributed by atoms with E-state index in [1.165, 1.54) is 6.92 Å². The van der Waals surface area contributed by atoms with E-state index in [4.69, 9.17) is 19.3 Å². The van der Waals surface area contributed by atoms with Gasteiger partial charge in [-0.2, -0.15) is 12.6 Å². The molecule has 7 N–H and O–H groups in total. The predicted octanol–water partition coefficient (Wildman–Crippen LogP) is -3.82. The minimum atomic E-state index is -1.72. The van der Waals surface area contributed by atoms with E-state index in [-0.39, 0.29) is 5.75 Å². The van der Waals surface area contributed by atoms with E-state index in [1.807, 2.05) is 0 Å². The maximum absolute atomic E-state index is 10.0. The molecule has 0 amide bonds. The molecule has 24 heavy (non-hydrogen) atoms. The molecule has 0 aliphatic carbocycles. The van der Waals surface area contributed by atoms with E-state index < -0.39 is 68.5 Å². The van der Waals surface area contributed by atoms with Gasteiger partial charge in [0.05, 0.1) is 25.4 Å². The number of thiol groups is 1. The van der Waals surface area contributed by atoms with Gasteiger partial charge in [-0.25, -0.2) is 0 Å². The van der Waals surface area contributed by atoms with Crippen molar-refractivity contribution in [1.82, 2.24) is 0 Å². The Labute approximate surface area is 144 Å². The lowest BCUT2D eigenvalue weighted by atomic mass is 9.99. The highest BCUT2D eigenvalue weighted by Gasteiger charge is 2.46. The van der Waals surface area contributed by atoms with Crippen LogP contribution in [0.3, 0.4) is 0 Å². The summed E-state index contributed by atoms with van der Waals surface area (Å²) in [4.78, 5) is 0. The van der Waals surface area contributed by atoms with Gasteiger partial charge >= 0.3 is 0 Å². The topological polar surface area (TPSA) is 169 Å². The largest absolute Gasteiger partial charge is 0.394 e. The van der Waals surface area contributed by atoms with Crippen LogP contribution in [0.25, 0.3) is 0 Å². The third-order valence-corrected chi connectivity index (χ3v) is 4.02. The molecule has 1 aliphatic rings. The molecule has 11 heteroatoms. The van der Waals surface area contributed by atoms with Crippen LogP contribution < -0.4 is 0 Å². The molecule has 9 atom stereocenters. The zero-order valence-corrected chi connectivity index (χ0v) is 14.0. The maximum atomic E-state index is 10.0. The minimum Gasteiger partial charge on any atom is -0.394 e. The Kier molecular flexibility index (Phi) is 9.33. The second kappa shape index (κ2) is 10.2. The van der Waals surface area contributed by atoms with E-state index in [0.29, 0.717) is 0 Å². The average Bonchev–Trinajstić information content (AvgIpc) is 2.56. The molecule has 0 saturated carbocycles.